The molecule has 0 aliphatic carbocycles. The number of hydrogen-bond acceptors (Lipinski definition) is 4. The lowest BCUT2D eigenvalue weighted by Crippen LogP contribution is -2.38. The summed E-state index contributed by atoms with van der Waals surface area (Å²) in [7, 11) is 0. The van der Waals surface area contributed by atoms with Crippen LogP contribution in [0.4, 0.5) is 11.5 Å². The number of rotatable bonds is 2. The second-order valence-corrected chi connectivity index (χ2v) is 5.76. The summed E-state index contributed by atoms with van der Waals surface area (Å²) in [6.45, 7) is 4.26. The van der Waals surface area contributed by atoms with Gasteiger partial charge in [0.2, 0.25) is 0 Å². The average molecular weight is 258 g/mol. The maximum absolute atomic E-state index is 5.94. The summed E-state index contributed by atoms with van der Waals surface area (Å²) in [5, 5.41) is 1.28. The summed E-state index contributed by atoms with van der Waals surface area (Å²) in [4.78, 5) is 6.59. The molecule has 1 atom stereocenters. The molecule has 0 amide bonds. The molecule has 16 heavy (non-hydrogen) atoms. The lowest BCUT2D eigenvalue weighted by atomic mass is 10.2. The highest BCUT2D eigenvalue weighted by Gasteiger charge is 2.21. The quantitative estimate of drug-likeness (QED) is 0.885. The molecule has 2 N–H and O–H groups in total. The predicted octanol–water partition coefficient (Wildman–Crippen LogP) is 2.65. The number of halogens is 1. The lowest BCUT2D eigenvalue weighted by Gasteiger charge is -2.33. The highest BCUT2D eigenvalue weighted by atomic mass is 35.5. The molecular weight excluding hydrogens is 242 g/mol. The fourth-order valence-corrected chi connectivity index (χ4v) is 3.22. The average Bonchev–Trinajstić information content (AvgIpc) is 2.29. The molecule has 0 saturated carbocycles. The zero-order chi connectivity index (χ0) is 11.5. The van der Waals surface area contributed by atoms with Gasteiger partial charge in [-0.05, 0) is 12.5 Å². The first-order chi connectivity index (χ1) is 7.70. The molecule has 5 heteroatoms. The molecule has 1 aliphatic rings. The van der Waals surface area contributed by atoms with Gasteiger partial charge in [-0.2, -0.15) is 11.8 Å². The van der Waals surface area contributed by atoms with E-state index < -0.39 is 0 Å². The first-order valence-corrected chi connectivity index (χ1v) is 6.91. The van der Waals surface area contributed by atoms with Gasteiger partial charge in [0.15, 0.2) is 5.82 Å². The molecule has 0 spiro atoms. The third-order valence-corrected chi connectivity index (χ3v) is 4.33. The van der Waals surface area contributed by atoms with Gasteiger partial charge in [-0.3, -0.25) is 0 Å². The number of pyridine rings is 1. The Bertz CT molecular complexity index is 372. The number of nitrogen functional groups attached to an aromatic ring is 1. The Labute approximate surface area is 105 Å². The van der Waals surface area contributed by atoms with Gasteiger partial charge in [0.1, 0.15) is 0 Å². The third-order valence-electron chi connectivity index (χ3n) is 2.76. The Morgan fingerprint density at radius 2 is 2.50 bits per heavy atom. The van der Waals surface area contributed by atoms with Crippen molar-refractivity contribution in [1.82, 2.24) is 4.98 Å². The Morgan fingerprint density at radius 3 is 3.19 bits per heavy atom. The van der Waals surface area contributed by atoms with Crippen LogP contribution in [0.15, 0.2) is 12.3 Å². The standard InChI is InChI=1S/C11H16ClN3S/c1-2-9-7-15(3-4-16-9)11-10(13)5-8(12)6-14-11/h5-6,9H,2-4,7,13H2,1H3. The third kappa shape index (κ3) is 2.55. The molecule has 2 rings (SSSR count). The van der Waals surface area contributed by atoms with Gasteiger partial charge in [0.25, 0.3) is 0 Å². The van der Waals surface area contributed by atoms with Crippen LogP contribution in [0.25, 0.3) is 0 Å². The summed E-state index contributed by atoms with van der Waals surface area (Å²) < 4.78 is 0. The van der Waals surface area contributed by atoms with Crippen LogP contribution >= 0.6 is 23.4 Å². The summed E-state index contributed by atoms with van der Waals surface area (Å²) in [5.74, 6) is 2.02. The molecule has 1 unspecified atom stereocenters. The van der Waals surface area contributed by atoms with E-state index in [0.29, 0.717) is 16.0 Å². The van der Waals surface area contributed by atoms with Crippen LogP contribution in [0.5, 0.6) is 0 Å². The molecule has 3 nitrogen and oxygen atoms in total. The minimum absolute atomic E-state index is 0.597. The molecule has 0 radical (unpaired) electrons. The second kappa shape index (κ2) is 5.15. The Balaban J connectivity index is 2.16. The van der Waals surface area contributed by atoms with Gasteiger partial charge in [-0.15, -0.1) is 0 Å². The van der Waals surface area contributed by atoms with Crippen LogP contribution in [0, 0.1) is 0 Å². The number of thioether (sulfide) groups is 1. The van der Waals surface area contributed by atoms with E-state index in [2.05, 4.69) is 16.8 Å². The summed E-state index contributed by atoms with van der Waals surface area (Å²) in [6.07, 6.45) is 2.85. The fraction of sp³-hybridized carbons (Fsp3) is 0.545. The van der Waals surface area contributed by atoms with Crippen molar-refractivity contribution >= 4 is 34.9 Å². The first-order valence-electron chi connectivity index (χ1n) is 5.48. The molecule has 1 saturated heterocycles. The molecular formula is C11H16ClN3S. The molecule has 0 aromatic carbocycles. The van der Waals surface area contributed by atoms with Crippen molar-refractivity contribution in [3.8, 4) is 0 Å². The molecule has 1 aliphatic heterocycles. The smallest absolute Gasteiger partial charge is 0.151 e. The topological polar surface area (TPSA) is 42.2 Å². The van der Waals surface area contributed by atoms with Crippen LogP contribution in [0.2, 0.25) is 5.02 Å². The van der Waals surface area contributed by atoms with Gasteiger partial charge >= 0.3 is 0 Å². The molecule has 0 bridgehead atoms. The molecule has 1 aromatic heterocycles. The van der Waals surface area contributed by atoms with E-state index in [1.54, 1.807) is 12.3 Å². The SMILES string of the molecule is CCC1CN(c2ncc(Cl)cc2N)CCS1. The Morgan fingerprint density at radius 1 is 1.69 bits per heavy atom. The van der Waals surface area contributed by atoms with Crippen LogP contribution in [-0.4, -0.2) is 29.1 Å². The van der Waals surface area contributed by atoms with E-state index in [9.17, 15) is 0 Å². The maximum Gasteiger partial charge on any atom is 0.151 e. The Hall–Kier alpha value is -0.610. The van der Waals surface area contributed by atoms with Gasteiger partial charge in [0.05, 0.1) is 10.7 Å². The van der Waals surface area contributed by atoms with E-state index in [1.807, 2.05) is 11.8 Å². The molecule has 1 aromatic rings. The monoisotopic (exact) mass is 257 g/mol. The minimum Gasteiger partial charge on any atom is -0.396 e. The van der Waals surface area contributed by atoms with Crippen LogP contribution < -0.4 is 10.6 Å². The summed E-state index contributed by atoms with van der Waals surface area (Å²) >= 11 is 7.88. The highest BCUT2D eigenvalue weighted by molar-refractivity contribution is 8.00. The van der Waals surface area contributed by atoms with Gasteiger partial charge in [-0.25, -0.2) is 4.98 Å². The van der Waals surface area contributed by atoms with Crippen molar-refractivity contribution in [2.45, 2.75) is 18.6 Å². The second-order valence-electron chi connectivity index (χ2n) is 3.91. The zero-order valence-electron chi connectivity index (χ0n) is 9.32. The number of nitrogens with zero attached hydrogens (tertiary/aromatic N) is 2. The number of aromatic nitrogens is 1. The largest absolute Gasteiger partial charge is 0.396 e. The summed E-state index contributed by atoms with van der Waals surface area (Å²) in [6, 6.07) is 1.77. The van der Waals surface area contributed by atoms with E-state index >= 15 is 0 Å². The van der Waals surface area contributed by atoms with Gasteiger partial charge < -0.3 is 10.6 Å². The van der Waals surface area contributed by atoms with Crippen molar-refractivity contribution in [3.05, 3.63) is 17.3 Å². The van der Waals surface area contributed by atoms with Crippen LogP contribution in [0.1, 0.15) is 13.3 Å². The minimum atomic E-state index is 0.597. The normalized spacial score (nSPS) is 21.1. The van der Waals surface area contributed by atoms with Crippen molar-refractivity contribution in [2.75, 3.05) is 29.5 Å². The fourth-order valence-electron chi connectivity index (χ4n) is 1.87. The summed E-state index contributed by atoms with van der Waals surface area (Å²) in [5.41, 5.74) is 6.62. The van der Waals surface area contributed by atoms with Gasteiger partial charge in [0, 0.05) is 30.3 Å². The van der Waals surface area contributed by atoms with E-state index in [4.69, 9.17) is 17.3 Å². The molecule has 1 fully saturated rings. The van der Waals surface area contributed by atoms with Crippen LogP contribution in [0.3, 0.4) is 0 Å². The maximum atomic E-state index is 5.94. The van der Waals surface area contributed by atoms with E-state index in [1.165, 1.54) is 6.42 Å². The van der Waals surface area contributed by atoms with Crippen molar-refractivity contribution in [2.24, 2.45) is 0 Å². The Kier molecular flexibility index (Phi) is 3.82. The number of hydrogen-bond donors (Lipinski definition) is 1. The highest BCUT2D eigenvalue weighted by Crippen LogP contribution is 2.29. The van der Waals surface area contributed by atoms with Crippen molar-refractivity contribution < 1.29 is 0 Å². The molecule has 2 heterocycles. The van der Waals surface area contributed by atoms with Crippen molar-refractivity contribution in [1.29, 1.82) is 0 Å². The van der Waals surface area contributed by atoms with E-state index in [0.717, 1.165) is 24.7 Å². The van der Waals surface area contributed by atoms with Gasteiger partial charge in [-0.1, -0.05) is 18.5 Å². The number of anilines is 2. The first kappa shape index (κ1) is 11.9. The predicted molar refractivity (Wildman–Crippen MR) is 72.4 cm³/mol. The molecule has 88 valence electrons. The van der Waals surface area contributed by atoms with Crippen molar-refractivity contribution in [3.63, 3.8) is 0 Å². The van der Waals surface area contributed by atoms with E-state index in [-0.39, 0.29) is 0 Å². The number of nitrogens with two attached hydrogens (primary N) is 1. The zero-order valence-corrected chi connectivity index (χ0v) is 10.9. The van der Waals surface area contributed by atoms with Crippen LogP contribution in [-0.2, 0) is 0 Å². The lowest BCUT2D eigenvalue weighted by molar-refractivity contribution is 0.721.